The molecule has 0 aliphatic rings. The number of aliphatic imine (C=N–C) groups is 2. The van der Waals surface area contributed by atoms with Crippen LogP contribution >= 0.6 is 0 Å². The van der Waals surface area contributed by atoms with Gasteiger partial charge in [-0.2, -0.15) is 9.98 Å². The number of hydrogen-bond acceptors (Lipinski definition) is 4. The summed E-state index contributed by atoms with van der Waals surface area (Å²) in [6.45, 7) is 3.75. The molecule has 0 saturated heterocycles. The van der Waals surface area contributed by atoms with Gasteiger partial charge < -0.3 is 0 Å². The molecule has 0 atom stereocenters. The predicted molar refractivity (Wildman–Crippen MR) is 44.2 cm³/mol. The summed E-state index contributed by atoms with van der Waals surface area (Å²) in [6, 6.07) is 0. The van der Waals surface area contributed by atoms with Crippen molar-refractivity contribution < 1.29 is 9.59 Å². The summed E-state index contributed by atoms with van der Waals surface area (Å²) >= 11 is 0. The first-order valence-corrected chi connectivity index (χ1v) is 3.92. The van der Waals surface area contributed by atoms with E-state index in [0.29, 0.717) is 12.8 Å². The predicted octanol–water partition coefficient (Wildman–Crippen LogP) is 1.56. The zero-order valence-electron chi connectivity index (χ0n) is 7.33. The highest BCUT2D eigenvalue weighted by atomic mass is 16.1. The van der Waals surface area contributed by atoms with Crippen LogP contribution in [0.5, 0.6) is 0 Å². The molecule has 0 aromatic heterocycles. The van der Waals surface area contributed by atoms with Crippen molar-refractivity contribution in [3.63, 3.8) is 0 Å². The third-order valence-electron chi connectivity index (χ3n) is 1.72. The average molecular weight is 168 g/mol. The summed E-state index contributed by atoms with van der Waals surface area (Å²) < 4.78 is 0. The van der Waals surface area contributed by atoms with Crippen LogP contribution in [-0.2, 0) is 9.59 Å². The lowest BCUT2D eigenvalue weighted by Gasteiger charge is -2.18. The molecule has 4 nitrogen and oxygen atoms in total. The lowest BCUT2D eigenvalue weighted by atomic mass is 10.0. The third-order valence-corrected chi connectivity index (χ3v) is 1.72. The van der Waals surface area contributed by atoms with Crippen molar-refractivity contribution >= 4 is 12.2 Å². The molecule has 0 radical (unpaired) electrons. The number of nitrogens with zero attached hydrogens (tertiary/aromatic N) is 2. The van der Waals surface area contributed by atoms with Crippen molar-refractivity contribution in [2.75, 3.05) is 0 Å². The van der Waals surface area contributed by atoms with Crippen molar-refractivity contribution in [1.29, 1.82) is 0 Å². The topological polar surface area (TPSA) is 58.9 Å². The molecular formula is C8H12N2O2. The molecule has 0 aliphatic carbocycles. The average Bonchev–Trinajstić information content (AvgIpc) is 2.06. The van der Waals surface area contributed by atoms with Crippen LogP contribution in [0.3, 0.4) is 0 Å². The Labute approximate surface area is 71.4 Å². The molecule has 66 valence electrons. The third kappa shape index (κ3) is 2.79. The van der Waals surface area contributed by atoms with E-state index in [2.05, 4.69) is 9.98 Å². The molecule has 0 unspecified atom stereocenters. The van der Waals surface area contributed by atoms with Crippen molar-refractivity contribution in [1.82, 2.24) is 0 Å². The quantitative estimate of drug-likeness (QED) is 0.462. The minimum absolute atomic E-state index is 0.519. The monoisotopic (exact) mass is 168 g/mol. The molecule has 0 rings (SSSR count). The molecule has 0 saturated carbocycles. The van der Waals surface area contributed by atoms with Gasteiger partial charge in [-0.25, -0.2) is 9.59 Å². The van der Waals surface area contributed by atoms with E-state index in [1.54, 1.807) is 0 Å². The van der Waals surface area contributed by atoms with Gasteiger partial charge in [-0.05, 0) is 12.8 Å². The van der Waals surface area contributed by atoms with Crippen LogP contribution in [-0.4, -0.2) is 17.8 Å². The first-order valence-electron chi connectivity index (χ1n) is 3.92. The zero-order chi connectivity index (χ0) is 9.45. The van der Waals surface area contributed by atoms with Gasteiger partial charge in [0.1, 0.15) is 0 Å². The van der Waals surface area contributed by atoms with Gasteiger partial charge in [-0.1, -0.05) is 20.3 Å². The maximum absolute atomic E-state index is 10.0. The van der Waals surface area contributed by atoms with Crippen molar-refractivity contribution in [3.8, 4) is 0 Å². The molecule has 0 bridgehead atoms. The van der Waals surface area contributed by atoms with E-state index >= 15 is 0 Å². The number of hydrogen-bond donors (Lipinski definition) is 0. The van der Waals surface area contributed by atoms with Gasteiger partial charge in [0, 0.05) is 0 Å². The van der Waals surface area contributed by atoms with E-state index in [4.69, 9.17) is 0 Å². The Morgan fingerprint density at radius 2 is 1.67 bits per heavy atom. The van der Waals surface area contributed by atoms with Gasteiger partial charge >= 0.3 is 0 Å². The fraction of sp³-hybridized carbons (Fsp3) is 0.750. The molecule has 0 amide bonds. The Balaban J connectivity index is 4.73. The standard InChI is InChI=1S/C8H12N2O2/c1-3-5-8(4-2,9-6-11)10-7-12/h3-5H2,1-2H3. The first kappa shape index (κ1) is 10.8. The second kappa shape index (κ2) is 5.42. The molecule has 0 N–H and O–H groups in total. The van der Waals surface area contributed by atoms with Crippen molar-refractivity contribution in [2.45, 2.75) is 38.8 Å². The smallest absolute Gasteiger partial charge is 0.211 e. The Morgan fingerprint density at radius 3 is 1.92 bits per heavy atom. The maximum atomic E-state index is 10.0. The normalized spacial score (nSPS) is 13.8. The lowest BCUT2D eigenvalue weighted by Crippen LogP contribution is -2.21. The molecule has 0 heterocycles. The van der Waals surface area contributed by atoms with Crippen LogP contribution in [0.1, 0.15) is 33.1 Å². The summed E-state index contributed by atoms with van der Waals surface area (Å²) in [5.74, 6) is 0. The molecular weight excluding hydrogens is 156 g/mol. The minimum atomic E-state index is -0.905. The van der Waals surface area contributed by atoms with Gasteiger partial charge in [0.25, 0.3) is 0 Å². The second-order valence-corrected chi connectivity index (χ2v) is 2.49. The molecule has 0 spiro atoms. The minimum Gasteiger partial charge on any atom is -0.211 e. The van der Waals surface area contributed by atoms with E-state index in [9.17, 15) is 9.59 Å². The van der Waals surface area contributed by atoms with E-state index in [1.165, 1.54) is 12.2 Å². The second-order valence-electron chi connectivity index (χ2n) is 2.49. The maximum Gasteiger partial charge on any atom is 0.237 e. The fourth-order valence-electron chi connectivity index (χ4n) is 1.04. The highest BCUT2D eigenvalue weighted by molar-refractivity contribution is 5.38. The summed E-state index contributed by atoms with van der Waals surface area (Å²) in [5, 5.41) is 0. The summed E-state index contributed by atoms with van der Waals surface area (Å²) in [5.41, 5.74) is -0.905. The van der Waals surface area contributed by atoms with Gasteiger partial charge in [0.05, 0.1) is 0 Å². The van der Waals surface area contributed by atoms with Crippen molar-refractivity contribution in [2.24, 2.45) is 9.98 Å². The van der Waals surface area contributed by atoms with Gasteiger partial charge in [-0.15, -0.1) is 0 Å². The van der Waals surface area contributed by atoms with E-state index < -0.39 is 5.66 Å². The molecule has 0 aromatic rings. The van der Waals surface area contributed by atoms with Gasteiger partial charge in [0.15, 0.2) is 5.66 Å². The molecule has 0 aliphatic heterocycles. The molecule has 0 aromatic carbocycles. The Kier molecular flexibility index (Phi) is 4.86. The highest BCUT2D eigenvalue weighted by Gasteiger charge is 2.25. The molecule has 0 fully saturated rings. The van der Waals surface area contributed by atoms with E-state index in [1.807, 2.05) is 13.8 Å². The van der Waals surface area contributed by atoms with Crippen molar-refractivity contribution in [3.05, 3.63) is 0 Å². The van der Waals surface area contributed by atoms with E-state index in [-0.39, 0.29) is 0 Å². The lowest BCUT2D eigenvalue weighted by molar-refractivity contribution is 0.390. The molecule has 12 heavy (non-hydrogen) atoms. The van der Waals surface area contributed by atoms with Crippen LogP contribution in [0.4, 0.5) is 0 Å². The van der Waals surface area contributed by atoms with Crippen LogP contribution in [0.15, 0.2) is 9.98 Å². The number of carbonyl (C=O) groups excluding carboxylic acids is 2. The van der Waals surface area contributed by atoms with Crippen LogP contribution in [0.2, 0.25) is 0 Å². The summed E-state index contributed by atoms with van der Waals surface area (Å²) in [6.07, 6.45) is 4.77. The van der Waals surface area contributed by atoms with Gasteiger partial charge in [0.2, 0.25) is 12.2 Å². The number of rotatable bonds is 5. The van der Waals surface area contributed by atoms with E-state index in [0.717, 1.165) is 6.42 Å². The molecule has 4 heteroatoms. The Bertz CT molecular complexity index is 207. The Morgan fingerprint density at radius 1 is 1.17 bits per heavy atom. The Hall–Kier alpha value is -1.24. The summed E-state index contributed by atoms with van der Waals surface area (Å²) in [7, 11) is 0. The number of isocyanates is 2. The van der Waals surface area contributed by atoms with Crippen LogP contribution in [0, 0.1) is 0 Å². The zero-order valence-corrected chi connectivity index (χ0v) is 7.33. The first-order chi connectivity index (χ1) is 5.74. The van der Waals surface area contributed by atoms with Crippen LogP contribution < -0.4 is 0 Å². The summed E-state index contributed by atoms with van der Waals surface area (Å²) in [4.78, 5) is 27.1. The highest BCUT2D eigenvalue weighted by Crippen LogP contribution is 2.22. The fourth-order valence-corrected chi connectivity index (χ4v) is 1.04. The SMILES string of the molecule is CCCC(CC)(N=C=O)N=C=O. The largest absolute Gasteiger partial charge is 0.237 e. The van der Waals surface area contributed by atoms with Gasteiger partial charge in [-0.3, -0.25) is 0 Å². The van der Waals surface area contributed by atoms with Crippen LogP contribution in [0.25, 0.3) is 0 Å².